The van der Waals surface area contributed by atoms with Crippen molar-refractivity contribution >= 4 is 40.9 Å². The molecule has 0 radical (unpaired) electrons. The molecule has 0 bridgehead atoms. The Morgan fingerprint density at radius 3 is 2.76 bits per heavy atom. The van der Waals surface area contributed by atoms with Gasteiger partial charge in [0.2, 0.25) is 0 Å². The minimum atomic E-state index is -0.292. The van der Waals surface area contributed by atoms with Gasteiger partial charge in [-0.05, 0) is 48.6 Å². The monoisotopic (exact) mass is 450 g/mol. The maximum Gasteiger partial charge on any atom is 0.258 e. The van der Waals surface area contributed by atoms with Crippen molar-refractivity contribution in [2.75, 3.05) is 12.4 Å². The number of nitrogens with one attached hydrogen (secondary N) is 1. The summed E-state index contributed by atoms with van der Waals surface area (Å²) in [4.78, 5) is 12.2. The highest BCUT2D eigenvalue weighted by Crippen LogP contribution is 2.27. The van der Waals surface area contributed by atoms with E-state index in [2.05, 4.69) is 28.5 Å². The molecule has 0 aliphatic carbocycles. The van der Waals surface area contributed by atoms with E-state index in [0.29, 0.717) is 21.6 Å². The lowest BCUT2D eigenvalue weighted by Gasteiger charge is -2.12. The van der Waals surface area contributed by atoms with Crippen LogP contribution in [0.1, 0.15) is 18.3 Å². The van der Waals surface area contributed by atoms with E-state index in [0.717, 1.165) is 22.2 Å². The molecule has 0 aliphatic heterocycles. The van der Waals surface area contributed by atoms with E-state index in [1.54, 1.807) is 30.0 Å². The fourth-order valence-electron chi connectivity index (χ4n) is 2.63. The molecule has 0 atom stereocenters. The number of benzene rings is 2. The number of ether oxygens (including phenoxy) is 1. The van der Waals surface area contributed by atoms with Gasteiger partial charge in [-0.1, -0.05) is 54.0 Å². The third-order valence-corrected chi connectivity index (χ3v) is 5.27. The number of nitrogens with zero attached hydrogens (tertiary/aromatic N) is 3. The maximum atomic E-state index is 12.2. The first-order valence-corrected chi connectivity index (χ1v) is 10.7. The molecular formula is C20H20Cl2N4O2S. The Bertz CT molecular complexity index is 1010. The number of carbonyl (C=O) groups excluding carboxylic acids is 1. The Balaban J connectivity index is 1.67. The van der Waals surface area contributed by atoms with Crippen molar-refractivity contribution in [1.82, 2.24) is 20.1 Å². The Hall–Kier alpha value is -2.22. The first-order chi connectivity index (χ1) is 14.0. The van der Waals surface area contributed by atoms with E-state index in [-0.39, 0.29) is 19.1 Å². The van der Waals surface area contributed by atoms with Gasteiger partial charge in [-0.25, -0.2) is 0 Å². The molecule has 0 unspecified atom stereocenters. The summed E-state index contributed by atoms with van der Waals surface area (Å²) in [6.07, 6.45) is 0. The summed E-state index contributed by atoms with van der Waals surface area (Å²) in [5.41, 5.74) is 2.09. The zero-order chi connectivity index (χ0) is 20.8. The predicted octanol–water partition coefficient (Wildman–Crippen LogP) is 4.69. The SMILES string of the molecule is CCSc1nnc(CNC(=O)COc2ccc(Cl)cc2Cl)n1-c1cccc(C)c1. The van der Waals surface area contributed by atoms with E-state index in [9.17, 15) is 4.79 Å². The molecule has 3 rings (SSSR count). The Morgan fingerprint density at radius 2 is 2.03 bits per heavy atom. The lowest BCUT2D eigenvalue weighted by Crippen LogP contribution is -2.29. The van der Waals surface area contributed by atoms with Gasteiger partial charge < -0.3 is 10.1 Å². The number of hydrogen-bond acceptors (Lipinski definition) is 5. The van der Waals surface area contributed by atoms with Crippen LogP contribution in [-0.4, -0.2) is 33.0 Å². The second-order valence-electron chi connectivity index (χ2n) is 6.15. The summed E-state index contributed by atoms with van der Waals surface area (Å²) in [7, 11) is 0. The van der Waals surface area contributed by atoms with Crippen LogP contribution in [0, 0.1) is 6.92 Å². The number of thioether (sulfide) groups is 1. The van der Waals surface area contributed by atoms with Crippen LogP contribution < -0.4 is 10.1 Å². The smallest absolute Gasteiger partial charge is 0.258 e. The van der Waals surface area contributed by atoms with Crippen molar-refractivity contribution in [2.45, 2.75) is 25.5 Å². The molecule has 0 saturated carbocycles. The molecule has 152 valence electrons. The number of halogens is 2. The van der Waals surface area contributed by atoms with Crippen molar-refractivity contribution < 1.29 is 9.53 Å². The minimum absolute atomic E-state index is 0.170. The van der Waals surface area contributed by atoms with Gasteiger partial charge >= 0.3 is 0 Å². The van der Waals surface area contributed by atoms with Crippen molar-refractivity contribution in [1.29, 1.82) is 0 Å². The summed E-state index contributed by atoms with van der Waals surface area (Å²) < 4.78 is 7.42. The molecule has 0 fully saturated rings. The number of aromatic nitrogens is 3. The molecule has 1 heterocycles. The summed E-state index contributed by atoms with van der Waals surface area (Å²) >= 11 is 13.5. The van der Waals surface area contributed by atoms with Crippen LogP contribution in [0.5, 0.6) is 5.75 Å². The molecular weight excluding hydrogens is 431 g/mol. The van der Waals surface area contributed by atoms with Gasteiger partial charge in [0, 0.05) is 10.7 Å². The van der Waals surface area contributed by atoms with Crippen LogP contribution in [0.4, 0.5) is 0 Å². The van der Waals surface area contributed by atoms with Gasteiger partial charge in [-0.3, -0.25) is 9.36 Å². The first-order valence-electron chi connectivity index (χ1n) is 8.96. The van der Waals surface area contributed by atoms with Crippen molar-refractivity contribution in [3.8, 4) is 11.4 Å². The van der Waals surface area contributed by atoms with E-state index in [1.807, 2.05) is 29.7 Å². The zero-order valence-electron chi connectivity index (χ0n) is 16.0. The molecule has 29 heavy (non-hydrogen) atoms. The molecule has 0 spiro atoms. The highest BCUT2D eigenvalue weighted by Gasteiger charge is 2.15. The number of hydrogen-bond donors (Lipinski definition) is 1. The molecule has 3 aromatic rings. The Labute approximate surface area is 183 Å². The first kappa shape index (κ1) is 21.5. The van der Waals surface area contributed by atoms with E-state index in [1.165, 1.54) is 0 Å². The van der Waals surface area contributed by atoms with Crippen LogP contribution in [0.15, 0.2) is 47.6 Å². The topological polar surface area (TPSA) is 69.0 Å². The average molecular weight is 451 g/mol. The number of amides is 1. The van der Waals surface area contributed by atoms with Crippen molar-refractivity contribution in [3.63, 3.8) is 0 Å². The quantitative estimate of drug-likeness (QED) is 0.504. The zero-order valence-corrected chi connectivity index (χ0v) is 18.3. The minimum Gasteiger partial charge on any atom is -0.482 e. The molecule has 1 N–H and O–H groups in total. The second kappa shape index (κ2) is 10.0. The lowest BCUT2D eigenvalue weighted by atomic mass is 10.2. The highest BCUT2D eigenvalue weighted by molar-refractivity contribution is 7.99. The third-order valence-electron chi connectivity index (χ3n) is 3.93. The lowest BCUT2D eigenvalue weighted by molar-refractivity contribution is -0.123. The molecule has 6 nitrogen and oxygen atoms in total. The molecule has 1 aromatic heterocycles. The summed E-state index contributed by atoms with van der Waals surface area (Å²) in [6.45, 7) is 4.14. The number of rotatable bonds is 8. The van der Waals surface area contributed by atoms with Crippen LogP contribution >= 0.6 is 35.0 Å². The van der Waals surface area contributed by atoms with Crippen LogP contribution in [0.3, 0.4) is 0 Å². The highest BCUT2D eigenvalue weighted by atomic mass is 35.5. The van der Waals surface area contributed by atoms with Crippen LogP contribution in [0.25, 0.3) is 5.69 Å². The fourth-order valence-corrected chi connectivity index (χ4v) is 3.79. The van der Waals surface area contributed by atoms with Gasteiger partial charge in [-0.15, -0.1) is 10.2 Å². The maximum absolute atomic E-state index is 12.2. The van der Waals surface area contributed by atoms with Crippen molar-refractivity contribution in [3.05, 3.63) is 63.9 Å². The molecule has 1 amide bonds. The van der Waals surface area contributed by atoms with Gasteiger partial charge in [0.25, 0.3) is 5.91 Å². The molecule has 2 aromatic carbocycles. The van der Waals surface area contributed by atoms with E-state index in [4.69, 9.17) is 27.9 Å². The Morgan fingerprint density at radius 1 is 1.21 bits per heavy atom. The van der Waals surface area contributed by atoms with Gasteiger partial charge in [0.05, 0.1) is 11.6 Å². The van der Waals surface area contributed by atoms with E-state index < -0.39 is 0 Å². The number of aryl methyl sites for hydroxylation is 1. The molecule has 9 heteroatoms. The van der Waals surface area contributed by atoms with Gasteiger partial charge in [0.15, 0.2) is 17.6 Å². The summed E-state index contributed by atoms with van der Waals surface area (Å²) in [6, 6.07) is 12.9. The normalized spacial score (nSPS) is 10.8. The molecule has 0 saturated heterocycles. The second-order valence-corrected chi connectivity index (χ2v) is 8.22. The summed E-state index contributed by atoms with van der Waals surface area (Å²) in [5.74, 6) is 1.62. The van der Waals surface area contributed by atoms with Crippen LogP contribution in [0.2, 0.25) is 10.0 Å². The molecule has 0 aliphatic rings. The van der Waals surface area contributed by atoms with Gasteiger partial charge in [-0.2, -0.15) is 0 Å². The predicted molar refractivity (Wildman–Crippen MR) is 116 cm³/mol. The Kier molecular flexibility index (Phi) is 7.41. The number of carbonyl (C=O) groups is 1. The summed E-state index contributed by atoms with van der Waals surface area (Å²) in [5, 5.41) is 13.0. The third kappa shape index (κ3) is 5.65. The van der Waals surface area contributed by atoms with Crippen LogP contribution in [-0.2, 0) is 11.3 Å². The fraction of sp³-hybridized carbons (Fsp3) is 0.250. The van der Waals surface area contributed by atoms with Gasteiger partial charge in [0.1, 0.15) is 5.75 Å². The van der Waals surface area contributed by atoms with E-state index >= 15 is 0 Å². The standard InChI is InChI=1S/C20H20Cl2N4O2S/c1-3-29-20-25-24-18(26(20)15-6-4-5-13(2)9-15)11-23-19(27)12-28-17-8-7-14(21)10-16(17)22/h4-10H,3,11-12H2,1-2H3,(H,23,27). The largest absolute Gasteiger partial charge is 0.482 e. The van der Waals surface area contributed by atoms with Crippen molar-refractivity contribution in [2.24, 2.45) is 0 Å². The average Bonchev–Trinajstić information content (AvgIpc) is 3.08.